The number of aliphatic hydroxyl groups is 4. The summed E-state index contributed by atoms with van der Waals surface area (Å²) in [6, 6.07) is 8.55. The van der Waals surface area contributed by atoms with E-state index < -0.39 is 48.7 Å². The zero-order valence-electron chi connectivity index (χ0n) is 20.5. The summed E-state index contributed by atoms with van der Waals surface area (Å²) in [7, 11) is 0. The lowest BCUT2D eigenvalue weighted by Gasteiger charge is -2.47. The van der Waals surface area contributed by atoms with E-state index in [9.17, 15) is 24.9 Å². The molecule has 2 saturated heterocycles. The quantitative estimate of drug-likeness (QED) is 0.215. The molecule has 0 aromatic heterocycles. The lowest BCUT2D eigenvalue weighted by Crippen LogP contribution is -2.63. The molecule has 4 N–H and O–H groups in total. The fourth-order valence-corrected chi connectivity index (χ4v) is 4.95. The molecule has 1 aromatic rings. The monoisotopic (exact) mass is 582 g/mol. The van der Waals surface area contributed by atoms with E-state index in [0.29, 0.717) is 35.7 Å². The first-order valence-electron chi connectivity index (χ1n) is 12.5. The Bertz CT molecular complexity index is 935. The molecule has 0 amide bonds. The minimum Gasteiger partial charge on any atom is -0.458 e. The van der Waals surface area contributed by atoms with E-state index in [1.165, 1.54) is 12.2 Å². The number of esters is 1. The number of allylic oxidation sites excluding steroid dienone is 1. The second-order valence-electron chi connectivity index (χ2n) is 9.40. The highest BCUT2D eigenvalue weighted by molar-refractivity contribution is 9.11. The van der Waals surface area contributed by atoms with Crippen LogP contribution in [-0.4, -0.2) is 87.6 Å². The van der Waals surface area contributed by atoms with E-state index in [2.05, 4.69) is 22.5 Å². The Kier molecular flexibility index (Phi) is 11.4. The number of hydrogen-bond donors (Lipinski definition) is 4. The van der Waals surface area contributed by atoms with Crippen molar-refractivity contribution in [3.63, 3.8) is 0 Å². The summed E-state index contributed by atoms with van der Waals surface area (Å²) >= 11 is 3.27. The van der Waals surface area contributed by atoms with Crippen LogP contribution in [0.3, 0.4) is 0 Å². The summed E-state index contributed by atoms with van der Waals surface area (Å²) in [5.74, 6) is -0.802. The Hall–Kier alpha value is -1.92. The Morgan fingerprint density at radius 3 is 2.57 bits per heavy atom. The molecule has 9 nitrogen and oxygen atoms in total. The average molecular weight is 583 g/mol. The third-order valence-corrected chi connectivity index (χ3v) is 6.88. The highest BCUT2D eigenvalue weighted by atomic mass is 79.9. The van der Waals surface area contributed by atoms with Crippen molar-refractivity contribution in [2.24, 2.45) is 0 Å². The third kappa shape index (κ3) is 8.54. The van der Waals surface area contributed by atoms with Gasteiger partial charge in [0.1, 0.15) is 36.6 Å². The summed E-state index contributed by atoms with van der Waals surface area (Å²) in [6.45, 7) is 3.74. The van der Waals surface area contributed by atoms with Crippen LogP contribution in [0.4, 0.5) is 0 Å². The summed E-state index contributed by atoms with van der Waals surface area (Å²) < 4.78 is 17.8. The van der Waals surface area contributed by atoms with Crippen LogP contribution in [0.1, 0.15) is 48.9 Å². The number of carbonyl (C=O) groups is 2. The van der Waals surface area contributed by atoms with Crippen LogP contribution in [0, 0.1) is 0 Å². The van der Waals surface area contributed by atoms with Crippen LogP contribution in [0.5, 0.6) is 0 Å². The Balaban J connectivity index is 1.52. The average Bonchev–Trinajstić information content (AvgIpc) is 2.88. The lowest BCUT2D eigenvalue weighted by atomic mass is 9.87. The van der Waals surface area contributed by atoms with Crippen LogP contribution in [-0.2, 0) is 19.0 Å². The molecule has 2 heterocycles. The fourth-order valence-electron chi connectivity index (χ4n) is 4.59. The predicted octanol–water partition coefficient (Wildman–Crippen LogP) is 2.20. The minimum absolute atomic E-state index is 0.0389. The number of carbonyl (C=O) groups excluding carboxylic acids is 2. The normalized spacial score (nSPS) is 29.3. The molecule has 3 rings (SSSR count). The van der Waals surface area contributed by atoms with Gasteiger partial charge in [0.2, 0.25) is 0 Å². The fraction of sp³-hybridized carbons (Fsp3) is 0.556. The van der Waals surface area contributed by atoms with E-state index in [4.69, 9.17) is 19.3 Å². The number of benzene rings is 1. The van der Waals surface area contributed by atoms with E-state index in [-0.39, 0.29) is 31.3 Å². The molecule has 2 fully saturated rings. The molecule has 0 spiro atoms. The molecule has 0 aliphatic carbocycles. The smallest absolute Gasteiger partial charge is 0.338 e. The van der Waals surface area contributed by atoms with Gasteiger partial charge in [-0.25, -0.2) is 4.79 Å². The molecule has 0 unspecified atom stereocenters. The lowest BCUT2D eigenvalue weighted by molar-refractivity contribution is -0.274. The Morgan fingerprint density at radius 2 is 1.89 bits per heavy atom. The number of hydrogen-bond acceptors (Lipinski definition) is 9. The van der Waals surface area contributed by atoms with Crippen molar-refractivity contribution in [3.05, 3.63) is 59.1 Å². The maximum Gasteiger partial charge on any atom is 0.338 e. The molecule has 0 bridgehead atoms. The first kappa shape index (κ1) is 29.6. The second-order valence-corrected chi connectivity index (χ2v) is 10.5. The Labute approximate surface area is 224 Å². The van der Waals surface area contributed by atoms with Crippen LogP contribution in [0.15, 0.2) is 53.5 Å². The van der Waals surface area contributed by atoms with Gasteiger partial charge in [0.05, 0.1) is 17.8 Å². The molecule has 10 heteroatoms. The van der Waals surface area contributed by atoms with Gasteiger partial charge in [0, 0.05) is 19.4 Å². The summed E-state index contributed by atoms with van der Waals surface area (Å²) in [5.41, 5.74) is 0.407. The van der Waals surface area contributed by atoms with Gasteiger partial charge in [-0.2, -0.15) is 0 Å². The van der Waals surface area contributed by atoms with E-state index in [0.717, 1.165) is 0 Å². The number of ketones is 1. The van der Waals surface area contributed by atoms with Crippen molar-refractivity contribution in [2.75, 3.05) is 6.61 Å². The molecule has 0 radical (unpaired) electrons. The van der Waals surface area contributed by atoms with Crippen LogP contribution >= 0.6 is 15.9 Å². The predicted molar refractivity (Wildman–Crippen MR) is 138 cm³/mol. The zero-order chi connectivity index (χ0) is 26.9. The number of fused-ring (bicyclic) bond motifs is 1. The van der Waals surface area contributed by atoms with Gasteiger partial charge in [0.25, 0.3) is 0 Å². The standard InChI is InChI=1S/C27H35BrO9/c1-16(28)15-20(36-27(34)17-5-3-2-4-6-17)9-7-18(30)8-11-21(31)25-23(32)24(33)26-22(37-25)12-10-19(35-26)13-14-29/h2-6,8,11,19-26,29,31-33H,1,7,9-10,12-15H2/b11-8+/t19-,20-,21+,22+,23+,24-,25+,26+/m1/s1. The van der Waals surface area contributed by atoms with Crippen molar-refractivity contribution in [3.8, 4) is 0 Å². The molecular formula is C27H35BrO9. The van der Waals surface area contributed by atoms with Gasteiger partial charge in [-0.05, 0) is 54.5 Å². The summed E-state index contributed by atoms with van der Waals surface area (Å²) in [4.78, 5) is 24.9. The van der Waals surface area contributed by atoms with Crippen molar-refractivity contribution >= 4 is 27.7 Å². The number of aliphatic hydroxyl groups excluding tert-OH is 4. The number of ether oxygens (including phenoxy) is 3. The van der Waals surface area contributed by atoms with Crippen molar-refractivity contribution < 1.29 is 44.2 Å². The maximum absolute atomic E-state index is 12.5. The highest BCUT2D eigenvalue weighted by Crippen LogP contribution is 2.34. The highest BCUT2D eigenvalue weighted by Gasteiger charge is 2.49. The summed E-state index contributed by atoms with van der Waals surface area (Å²) in [5, 5.41) is 40.8. The van der Waals surface area contributed by atoms with E-state index in [1.54, 1.807) is 30.3 Å². The van der Waals surface area contributed by atoms with Gasteiger partial charge < -0.3 is 34.6 Å². The molecular weight excluding hydrogens is 548 g/mol. The largest absolute Gasteiger partial charge is 0.458 e. The molecule has 204 valence electrons. The van der Waals surface area contributed by atoms with Crippen LogP contribution in [0.25, 0.3) is 0 Å². The zero-order valence-corrected chi connectivity index (χ0v) is 22.1. The summed E-state index contributed by atoms with van der Waals surface area (Å²) in [6.07, 6.45) is -2.56. The van der Waals surface area contributed by atoms with Crippen molar-refractivity contribution in [1.29, 1.82) is 0 Å². The Morgan fingerprint density at radius 1 is 1.16 bits per heavy atom. The van der Waals surface area contributed by atoms with Gasteiger partial charge in [-0.15, -0.1) is 0 Å². The third-order valence-electron chi connectivity index (χ3n) is 6.56. The van der Waals surface area contributed by atoms with Gasteiger partial charge in [0.15, 0.2) is 5.78 Å². The molecule has 0 saturated carbocycles. The van der Waals surface area contributed by atoms with Crippen LogP contribution < -0.4 is 0 Å². The minimum atomic E-state index is -1.42. The van der Waals surface area contributed by atoms with E-state index in [1.807, 2.05) is 0 Å². The number of halogens is 1. The first-order chi connectivity index (χ1) is 17.7. The van der Waals surface area contributed by atoms with Crippen molar-refractivity contribution in [1.82, 2.24) is 0 Å². The van der Waals surface area contributed by atoms with Crippen molar-refractivity contribution in [2.45, 2.75) is 87.4 Å². The maximum atomic E-state index is 12.5. The van der Waals surface area contributed by atoms with Gasteiger partial charge in [-0.3, -0.25) is 4.79 Å². The second kappa shape index (κ2) is 14.3. The molecule has 1 aromatic carbocycles. The topological polar surface area (TPSA) is 143 Å². The molecule has 8 atom stereocenters. The SMILES string of the molecule is C=C(Br)C[C@@H](CCC(=O)/C=C/[C@H](O)[C@@H]1O[C@H]2CC[C@H](CCO)O[C@@H]2[C@H](O)[C@@H]1O)OC(=O)c1ccccc1. The van der Waals surface area contributed by atoms with Gasteiger partial charge >= 0.3 is 5.97 Å². The molecule has 37 heavy (non-hydrogen) atoms. The molecule has 2 aliphatic heterocycles. The van der Waals surface area contributed by atoms with E-state index >= 15 is 0 Å². The molecule has 2 aliphatic rings. The number of rotatable bonds is 12. The van der Waals surface area contributed by atoms with Crippen LogP contribution in [0.2, 0.25) is 0 Å². The van der Waals surface area contributed by atoms with Gasteiger partial charge in [-0.1, -0.05) is 40.7 Å². The first-order valence-corrected chi connectivity index (χ1v) is 13.2.